The molecule has 4 rings (SSSR count). The summed E-state index contributed by atoms with van der Waals surface area (Å²) in [4.78, 5) is 6.41. The molecule has 8 nitrogen and oxygen atoms in total. The minimum Gasteiger partial charge on any atom is -0.493 e. The van der Waals surface area contributed by atoms with Crippen LogP contribution in [0.1, 0.15) is 44.4 Å². The zero-order chi connectivity index (χ0) is 26.1. The lowest BCUT2D eigenvalue weighted by Gasteiger charge is -2.35. The van der Waals surface area contributed by atoms with Crippen LogP contribution >= 0.6 is 0 Å². The molecule has 1 aliphatic rings. The lowest BCUT2D eigenvalue weighted by atomic mass is 9.93. The average Bonchev–Trinajstić information content (AvgIpc) is 3.19. The van der Waals surface area contributed by atoms with Gasteiger partial charge in [-0.1, -0.05) is 5.21 Å². The number of hydrogen-bond acceptors (Lipinski definition) is 7. The molecule has 1 N–H and O–H groups in total. The fraction of sp³-hybridized carbons (Fsp3) is 0.520. The predicted molar refractivity (Wildman–Crippen MR) is 127 cm³/mol. The van der Waals surface area contributed by atoms with Crippen LogP contribution in [-0.2, 0) is 13.2 Å². The molecule has 0 unspecified atom stereocenters. The van der Waals surface area contributed by atoms with Crippen molar-refractivity contribution in [2.45, 2.75) is 44.9 Å². The van der Waals surface area contributed by atoms with Gasteiger partial charge in [0, 0.05) is 19.2 Å². The Morgan fingerprint density at radius 1 is 1.19 bits per heavy atom. The molecule has 1 saturated heterocycles. The van der Waals surface area contributed by atoms with E-state index in [1.165, 1.54) is 16.8 Å². The van der Waals surface area contributed by atoms with Crippen molar-refractivity contribution in [1.29, 1.82) is 5.26 Å². The number of pyridine rings is 1. The smallest absolute Gasteiger partial charge is 0.419 e. The lowest BCUT2D eigenvalue weighted by molar-refractivity contribution is -0.138. The van der Waals surface area contributed by atoms with Crippen molar-refractivity contribution in [3.63, 3.8) is 0 Å². The summed E-state index contributed by atoms with van der Waals surface area (Å²) in [7, 11) is 1.63. The van der Waals surface area contributed by atoms with E-state index < -0.39 is 17.3 Å². The number of benzene rings is 1. The highest BCUT2D eigenvalue weighted by Crippen LogP contribution is 2.39. The molecule has 3 heterocycles. The fourth-order valence-electron chi connectivity index (χ4n) is 4.61. The number of likely N-dealkylation sites (tertiary alicyclic amines) is 1. The number of aromatic nitrogens is 4. The normalized spacial score (nSPS) is 15.8. The van der Waals surface area contributed by atoms with Crippen LogP contribution in [0.3, 0.4) is 0 Å². The van der Waals surface area contributed by atoms with Gasteiger partial charge < -0.3 is 14.7 Å². The van der Waals surface area contributed by atoms with Gasteiger partial charge in [0.25, 0.3) is 0 Å². The summed E-state index contributed by atoms with van der Waals surface area (Å²) in [5.74, 6) is 0.138. The molecule has 0 bridgehead atoms. The van der Waals surface area contributed by atoms with Gasteiger partial charge in [0.2, 0.25) is 0 Å². The van der Waals surface area contributed by atoms with Gasteiger partial charge in [-0.15, -0.1) is 5.10 Å². The number of β-amino-alcohol motifs (C(OH)–C–C–N with tert-alkyl or cyclic N) is 1. The largest absolute Gasteiger partial charge is 0.493 e. The molecule has 36 heavy (non-hydrogen) atoms. The molecule has 0 aliphatic carbocycles. The van der Waals surface area contributed by atoms with E-state index in [1.807, 2.05) is 6.07 Å². The molecule has 1 aromatic carbocycles. The number of halogens is 3. The first-order valence-corrected chi connectivity index (χ1v) is 11.8. The van der Waals surface area contributed by atoms with Gasteiger partial charge in [-0.25, -0.2) is 9.67 Å². The molecule has 0 spiro atoms. The van der Waals surface area contributed by atoms with E-state index >= 15 is 0 Å². The van der Waals surface area contributed by atoms with Crippen LogP contribution in [0.15, 0.2) is 24.3 Å². The summed E-state index contributed by atoms with van der Waals surface area (Å²) in [6.07, 6.45) is -2.12. The molecule has 1 aliphatic heterocycles. The van der Waals surface area contributed by atoms with Gasteiger partial charge in [0.15, 0.2) is 5.69 Å². The predicted octanol–water partition coefficient (Wildman–Crippen LogP) is 4.17. The lowest BCUT2D eigenvalue weighted by Crippen LogP contribution is -2.43. The van der Waals surface area contributed by atoms with Crippen molar-refractivity contribution in [3.05, 3.63) is 35.5 Å². The van der Waals surface area contributed by atoms with E-state index in [-0.39, 0.29) is 29.3 Å². The zero-order valence-corrected chi connectivity index (χ0v) is 20.5. The molecule has 192 valence electrons. The minimum absolute atomic E-state index is 0.00177. The minimum atomic E-state index is -4.62. The molecule has 0 amide bonds. The SMILES string of the molecule is Cn1nnc2c(C#N)nc(-c3ccc(OCCC4CCN(CC(C)(C)O)CC4)c(C(F)(F)F)c3)cc21. The van der Waals surface area contributed by atoms with Crippen molar-refractivity contribution in [3.8, 4) is 23.1 Å². The van der Waals surface area contributed by atoms with Crippen molar-refractivity contribution in [2.75, 3.05) is 26.2 Å². The summed E-state index contributed by atoms with van der Waals surface area (Å²) < 4.78 is 48.8. The number of alkyl halides is 3. The summed E-state index contributed by atoms with van der Waals surface area (Å²) in [5, 5.41) is 27.2. The molecule has 0 saturated carbocycles. The molecule has 0 radical (unpaired) electrons. The van der Waals surface area contributed by atoms with Gasteiger partial charge in [-0.05, 0) is 76.4 Å². The summed E-state index contributed by atoms with van der Waals surface area (Å²) in [6.45, 7) is 6.05. The Bertz CT molecular complexity index is 1270. The highest BCUT2D eigenvalue weighted by molar-refractivity contribution is 5.83. The number of fused-ring (bicyclic) bond motifs is 1. The number of aryl methyl sites for hydroxylation is 1. The van der Waals surface area contributed by atoms with Crippen LogP contribution in [0.5, 0.6) is 5.75 Å². The maximum Gasteiger partial charge on any atom is 0.419 e. The van der Waals surface area contributed by atoms with Crippen molar-refractivity contribution >= 4 is 11.0 Å². The van der Waals surface area contributed by atoms with Crippen LogP contribution < -0.4 is 4.74 Å². The summed E-state index contributed by atoms with van der Waals surface area (Å²) in [6, 6.07) is 7.32. The molecule has 11 heteroatoms. The van der Waals surface area contributed by atoms with Crippen LogP contribution in [0.4, 0.5) is 13.2 Å². The standard InChI is InChI=1S/C25H29F3N6O2/c1-24(2,35)15-34-9-6-16(7-10-34)8-11-36-22-5-4-17(12-18(22)25(26,27)28)19-13-21-23(20(14-29)30-19)31-32-33(21)3/h4-5,12-13,16,35H,6-11,15H2,1-3H3. The van der Waals surface area contributed by atoms with Gasteiger partial charge in [-0.2, -0.15) is 18.4 Å². The quantitative estimate of drug-likeness (QED) is 0.518. The maximum absolute atomic E-state index is 13.9. The van der Waals surface area contributed by atoms with Gasteiger partial charge in [0.05, 0.1) is 29.0 Å². The molecule has 2 aromatic heterocycles. The van der Waals surface area contributed by atoms with E-state index in [2.05, 4.69) is 20.2 Å². The Labute approximate surface area is 207 Å². The third-order valence-electron chi connectivity index (χ3n) is 6.39. The topological polar surface area (TPSA) is 100 Å². The average molecular weight is 503 g/mol. The summed E-state index contributed by atoms with van der Waals surface area (Å²) >= 11 is 0. The van der Waals surface area contributed by atoms with Crippen LogP contribution in [0.2, 0.25) is 0 Å². The third-order valence-corrected chi connectivity index (χ3v) is 6.39. The van der Waals surface area contributed by atoms with E-state index in [9.17, 15) is 23.5 Å². The van der Waals surface area contributed by atoms with Crippen molar-refractivity contribution in [1.82, 2.24) is 24.9 Å². The van der Waals surface area contributed by atoms with Crippen LogP contribution in [0.25, 0.3) is 22.3 Å². The van der Waals surface area contributed by atoms with E-state index in [4.69, 9.17) is 4.74 Å². The Balaban J connectivity index is 1.47. The van der Waals surface area contributed by atoms with Crippen LogP contribution in [-0.4, -0.2) is 61.8 Å². The second-order valence-electron chi connectivity index (χ2n) is 9.93. The summed E-state index contributed by atoms with van der Waals surface area (Å²) in [5.41, 5.74) is -0.401. The maximum atomic E-state index is 13.9. The first-order valence-electron chi connectivity index (χ1n) is 11.8. The Morgan fingerprint density at radius 2 is 1.92 bits per heavy atom. The fourth-order valence-corrected chi connectivity index (χ4v) is 4.61. The monoisotopic (exact) mass is 502 g/mol. The highest BCUT2D eigenvalue weighted by atomic mass is 19.4. The van der Waals surface area contributed by atoms with Gasteiger partial charge in [-0.3, -0.25) is 0 Å². The van der Waals surface area contributed by atoms with E-state index in [0.717, 1.165) is 32.0 Å². The number of rotatable bonds is 7. The number of hydrogen-bond donors (Lipinski definition) is 1. The van der Waals surface area contributed by atoms with Gasteiger partial charge >= 0.3 is 6.18 Å². The van der Waals surface area contributed by atoms with E-state index in [0.29, 0.717) is 29.9 Å². The third kappa shape index (κ3) is 5.94. The first kappa shape index (κ1) is 25.9. The highest BCUT2D eigenvalue weighted by Gasteiger charge is 2.35. The number of ether oxygens (including phenoxy) is 1. The van der Waals surface area contributed by atoms with Crippen molar-refractivity contribution in [2.24, 2.45) is 13.0 Å². The zero-order valence-electron chi connectivity index (χ0n) is 20.5. The van der Waals surface area contributed by atoms with Crippen molar-refractivity contribution < 1.29 is 23.0 Å². The number of nitriles is 1. The Kier molecular flexibility index (Phi) is 7.20. The Hall–Kier alpha value is -3.23. The molecule has 3 aromatic rings. The molecular weight excluding hydrogens is 473 g/mol. The first-order chi connectivity index (χ1) is 16.9. The molecule has 1 fully saturated rings. The van der Waals surface area contributed by atoms with Gasteiger partial charge in [0.1, 0.15) is 17.3 Å². The number of aliphatic hydroxyl groups is 1. The number of nitrogens with zero attached hydrogens (tertiary/aromatic N) is 6. The second kappa shape index (κ2) is 10.0. The molecule has 0 atom stereocenters. The second-order valence-corrected chi connectivity index (χ2v) is 9.93. The van der Waals surface area contributed by atoms with E-state index in [1.54, 1.807) is 27.0 Å². The number of piperidine rings is 1. The Morgan fingerprint density at radius 3 is 2.56 bits per heavy atom. The molecular formula is C25H29F3N6O2. The van der Waals surface area contributed by atoms with Crippen LogP contribution in [0, 0.1) is 17.2 Å².